The highest BCUT2D eigenvalue weighted by molar-refractivity contribution is 7.86. The molecule has 1 aliphatic rings. The van der Waals surface area contributed by atoms with Crippen molar-refractivity contribution in [2.75, 3.05) is 0 Å². The van der Waals surface area contributed by atoms with E-state index in [1.807, 2.05) is 0 Å². The third-order valence-corrected chi connectivity index (χ3v) is 4.10. The van der Waals surface area contributed by atoms with Gasteiger partial charge < -0.3 is 0 Å². The number of nitrogens with zero attached hydrogens (tertiary/aromatic N) is 2. The van der Waals surface area contributed by atoms with Crippen LogP contribution in [0.15, 0.2) is 29.4 Å². The van der Waals surface area contributed by atoms with Gasteiger partial charge in [-0.05, 0) is 25.0 Å². The van der Waals surface area contributed by atoms with Crippen molar-refractivity contribution in [1.82, 2.24) is 9.38 Å². The van der Waals surface area contributed by atoms with Crippen molar-refractivity contribution >= 4 is 15.9 Å². The summed E-state index contributed by atoms with van der Waals surface area (Å²) in [5, 5.41) is -0.294. The lowest BCUT2D eigenvalue weighted by molar-refractivity contribution is 0.404. The Balaban J connectivity index is 2.33. The monoisotopic (exact) mass is 254 g/mol. The normalized spacial score (nSPS) is 17.2. The molecule has 2 aromatic rings. The minimum atomic E-state index is -4.74. The average Bonchev–Trinajstić information content (AvgIpc) is 2.52. The van der Waals surface area contributed by atoms with E-state index in [1.54, 1.807) is 18.2 Å². The van der Waals surface area contributed by atoms with Crippen molar-refractivity contribution < 1.29 is 12.3 Å². The molecule has 1 fully saturated rings. The molecule has 90 valence electrons. The van der Waals surface area contributed by atoms with Gasteiger partial charge in [0.1, 0.15) is 5.65 Å². The summed E-state index contributed by atoms with van der Waals surface area (Å²) in [5.74, 6) is 0.0791. The first-order chi connectivity index (χ1) is 8.07. The largest absolute Gasteiger partial charge is 0.350 e. The van der Waals surface area contributed by atoms with Crippen LogP contribution < -0.4 is 0 Å². The van der Waals surface area contributed by atoms with E-state index < -0.39 is 10.2 Å². The van der Waals surface area contributed by atoms with Crippen LogP contribution in [0.5, 0.6) is 0 Å². The van der Waals surface area contributed by atoms with Gasteiger partial charge in [0.15, 0.2) is 5.03 Å². The van der Waals surface area contributed by atoms with Gasteiger partial charge in [-0.25, -0.2) is 4.98 Å². The van der Waals surface area contributed by atoms with Crippen molar-refractivity contribution in [3.63, 3.8) is 0 Å². The van der Waals surface area contributed by atoms with Gasteiger partial charge in [-0.15, -0.1) is 0 Å². The maximum atomic E-state index is 13.4. The van der Waals surface area contributed by atoms with E-state index in [0.717, 1.165) is 19.3 Å². The van der Waals surface area contributed by atoms with E-state index in [-0.39, 0.29) is 10.9 Å². The van der Waals surface area contributed by atoms with E-state index in [0.29, 0.717) is 11.3 Å². The van der Waals surface area contributed by atoms with Crippen LogP contribution in [-0.2, 0) is 10.2 Å². The average molecular weight is 254 g/mol. The quantitative estimate of drug-likeness (QED) is 0.772. The van der Waals surface area contributed by atoms with Crippen LogP contribution in [0, 0.1) is 0 Å². The molecular formula is C11H11FN2O2S. The van der Waals surface area contributed by atoms with Gasteiger partial charge in [0, 0.05) is 12.1 Å². The molecule has 0 amide bonds. The Morgan fingerprint density at radius 1 is 1.35 bits per heavy atom. The zero-order valence-electron chi connectivity index (χ0n) is 9.01. The molecular weight excluding hydrogens is 243 g/mol. The van der Waals surface area contributed by atoms with Gasteiger partial charge in [0.25, 0.3) is 0 Å². The molecule has 0 saturated heterocycles. The smallest absolute Gasteiger partial charge is 0.288 e. The van der Waals surface area contributed by atoms with E-state index in [9.17, 15) is 12.3 Å². The van der Waals surface area contributed by atoms with Crippen LogP contribution in [0.2, 0.25) is 0 Å². The molecule has 0 aliphatic heterocycles. The maximum absolute atomic E-state index is 13.4. The van der Waals surface area contributed by atoms with E-state index >= 15 is 0 Å². The predicted octanol–water partition coefficient (Wildman–Crippen LogP) is 2.26. The summed E-state index contributed by atoms with van der Waals surface area (Å²) in [5.41, 5.74) is 0.857. The second-order valence-electron chi connectivity index (χ2n) is 4.30. The van der Waals surface area contributed by atoms with Crippen LogP contribution in [0.4, 0.5) is 3.89 Å². The lowest BCUT2D eigenvalue weighted by atomic mass is 9.83. The molecule has 0 unspecified atom stereocenters. The second-order valence-corrected chi connectivity index (χ2v) is 5.56. The summed E-state index contributed by atoms with van der Waals surface area (Å²) < 4.78 is 37.2. The summed E-state index contributed by atoms with van der Waals surface area (Å²) in [6.45, 7) is 0. The van der Waals surface area contributed by atoms with Crippen LogP contribution >= 0.6 is 0 Å². The van der Waals surface area contributed by atoms with Gasteiger partial charge >= 0.3 is 10.2 Å². The molecule has 0 atom stereocenters. The topological polar surface area (TPSA) is 51.4 Å². The molecule has 1 aliphatic carbocycles. The highest BCUT2D eigenvalue weighted by atomic mass is 32.3. The fourth-order valence-corrected chi connectivity index (χ4v) is 3.03. The molecule has 0 radical (unpaired) electrons. The Labute approximate surface area is 98.3 Å². The first kappa shape index (κ1) is 10.7. The second kappa shape index (κ2) is 3.53. The number of fused-ring (bicyclic) bond motifs is 1. The number of hydrogen-bond acceptors (Lipinski definition) is 3. The predicted molar refractivity (Wildman–Crippen MR) is 60.1 cm³/mol. The Hall–Kier alpha value is -1.43. The first-order valence-corrected chi connectivity index (χ1v) is 6.87. The summed E-state index contributed by atoms with van der Waals surface area (Å²) in [4.78, 5) is 4.24. The summed E-state index contributed by atoms with van der Waals surface area (Å²) in [6, 6.07) is 5.09. The number of pyridine rings is 1. The first-order valence-electron chi connectivity index (χ1n) is 5.49. The van der Waals surface area contributed by atoms with Crippen LogP contribution in [0.25, 0.3) is 5.65 Å². The molecule has 2 aromatic heterocycles. The van der Waals surface area contributed by atoms with Gasteiger partial charge in [-0.3, -0.25) is 4.40 Å². The van der Waals surface area contributed by atoms with Gasteiger partial charge in [-0.1, -0.05) is 16.4 Å². The number of aromatic nitrogens is 2. The molecule has 2 heterocycles. The zero-order valence-corrected chi connectivity index (χ0v) is 9.82. The summed E-state index contributed by atoms with van der Waals surface area (Å²) in [7, 11) is -4.74. The van der Waals surface area contributed by atoms with Gasteiger partial charge in [0.2, 0.25) is 0 Å². The molecule has 0 aromatic carbocycles. The Bertz CT molecular complexity index is 674. The van der Waals surface area contributed by atoms with Crippen LogP contribution in [0.3, 0.4) is 0 Å². The fraction of sp³-hybridized carbons (Fsp3) is 0.364. The number of imidazole rings is 1. The third-order valence-electron chi connectivity index (χ3n) is 3.23. The summed E-state index contributed by atoms with van der Waals surface area (Å²) in [6.07, 6.45) is 4.33. The fourth-order valence-electron chi connectivity index (χ4n) is 2.18. The van der Waals surface area contributed by atoms with Crippen LogP contribution in [-0.4, -0.2) is 17.8 Å². The molecule has 3 rings (SSSR count). The standard InChI is InChI=1S/C11H11FN2O2S/c12-17(15,16)11-10(8-4-3-5-8)13-9-6-1-2-7-14(9)11/h1-2,6-8H,3-5H2. The number of rotatable bonds is 2. The van der Waals surface area contributed by atoms with Crippen molar-refractivity contribution in [1.29, 1.82) is 0 Å². The van der Waals surface area contributed by atoms with E-state index in [2.05, 4.69) is 4.98 Å². The minimum Gasteiger partial charge on any atom is -0.288 e. The lowest BCUT2D eigenvalue weighted by Crippen LogP contribution is -2.13. The minimum absolute atomic E-state index is 0.0791. The molecule has 1 saturated carbocycles. The van der Waals surface area contributed by atoms with Crippen molar-refractivity contribution in [2.45, 2.75) is 30.2 Å². The molecule has 6 heteroatoms. The Morgan fingerprint density at radius 2 is 2.12 bits per heavy atom. The van der Waals surface area contributed by atoms with Crippen LogP contribution in [0.1, 0.15) is 30.9 Å². The molecule has 0 bridgehead atoms. The Morgan fingerprint density at radius 3 is 2.71 bits per heavy atom. The SMILES string of the molecule is O=S(=O)(F)c1c(C2CCC2)nc2ccccn12. The molecule has 0 N–H and O–H groups in total. The maximum Gasteiger partial charge on any atom is 0.350 e. The van der Waals surface area contributed by atoms with Crippen molar-refractivity contribution in [3.05, 3.63) is 30.1 Å². The number of halogens is 1. The Kier molecular flexibility index (Phi) is 2.22. The van der Waals surface area contributed by atoms with Crippen molar-refractivity contribution in [3.8, 4) is 0 Å². The molecule has 17 heavy (non-hydrogen) atoms. The summed E-state index contributed by atoms with van der Waals surface area (Å²) >= 11 is 0. The van der Waals surface area contributed by atoms with Crippen molar-refractivity contribution in [2.24, 2.45) is 0 Å². The lowest BCUT2D eigenvalue weighted by Gasteiger charge is -2.23. The molecule has 4 nitrogen and oxygen atoms in total. The van der Waals surface area contributed by atoms with Gasteiger partial charge in [0.05, 0.1) is 5.69 Å². The van der Waals surface area contributed by atoms with Gasteiger partial charge in [-0.2, -0.15) is 8.42 Å². The van der Waals surface area contributed by atoms with E-state index in [1.165, 1.54) is 10.6 Å². The highest BCUT2D eigenvalue weighted by Gasteiger charge is 2.32. The third kappa shape index (κ3) is 1.63. The highest BCUT2D eigenvalue weighted by Crippen LogP contribution is 2.39. The molecule has 0 spiro atoms. The zero-order chi connectivity index (χ0) is 12.0. The number of hydrogen-bond donors (Lipinski definition) is 0. The van der Waals surface area contributed by atoms with E-state index in [4.69, 9.17) is 0 Å².